The molecular formula is C14H14F3N3O2. The van der Waals surface area contributed by atoms with Crippen LogP contribution >= 0.6 is 0 Å². The summed E-state index contributed by atoms with van der Waals surface area (Å²) >= 11 is 0. The van der Waals surface area contributed by atoms with E-state index in [4.69, 9.17) is 0 Å². The Balaban J connectivity index is 2.18. The predicted octanol–water partition coefficient (Wildman–Crippen LogP) is 3.22. The van der Waals surface area contributed by atoms with Gasteiger partial charge in [0.1, 0.15) is 0 Å². The molecule has 2 heterocycles. The van der Waals surface area contributed by atoms with Crippen LogP contribution in [0.5, 0.6) is 0 Å². The second-order valence-corrected chi connectivity index (χ2v) is 4.61. The van der Waals surface area contributed by atoms with Crippen LogP contribution in [0.15, 0.2) is 30.5 Å². The highest BCUT2D eigenvalue weighted by Gasteiger charge is 2.45. The fraction of sp³-hybridized carbons (Fsp3) is 0.357. The van der Waals surface area contributed by atoms with Gasteiger partial charge in [-0.1, -0.05) is 19.4 Å². The lowest BCUT2D eigenvalue weighted by molar-refractivity contribution is -0.208. The van der Waals surface area contributed by atoms with Crippen LogP contribution in [0, 0.1) is 0 Å². The van der Waals surface area contributed by atoms with Crippen molar-refractivity contribution in [2.24, 2.45) is 0 Å². The number of pyridine rings is 1. The molecule has 0 aliphatic carbocycles. The number of hydrogen-bond acceptors (Lipinski definition) is 4. The van der Waals surface area contributed by atoms with Gasteiger partial charge in [0.25, 0.3) is 0 Å². The first kappa shape index (κ1) is 16.0. The van der Waals surface area contributed by atoms with Crippen molar-refractivity contribution in [3.05, 3.63) is 47.5 Å². The molecule has 0 saturated carbocycles. The summed E-state index contributed by atoms with van der Waals surface area (Å²) in [4.78, 5) is 15.5. The molecule has 22 heavy (non-hydrogen) atoms. The Labute approximate surface area is 124 Å². The number of alkyl halides is 3. The molecule has 8 heteroatoms. The van der Waals surface area contributed by atoms with Crippen LogP contribution in [0.25, 0.3) is 0 Å². The molecule has 2 rings (SSSR count). The Bertz CT molecular complexity index is 626. The van der Waals surface area contributed by atoms with Gasteiger partial charge in [0.2, 0.25) is 6.10 Å². The highest BCUT2D eigenvalue weighted by atomic mass is 19.4. The SMILES string of the molecule is CCCc1cc(C(=O)OC(c2ccccn2)C(F)(F)F)n[nH]1. The summed E-state index contributed by atoms with van der Waals surface area (Å²) in [6.07, 6.45) is -4.52. The molecule has 2 aromatic rings. The number of hydrogen-bond donors (Lipinski definition) is 1. The first-order valence-electron chi connectivity index (χ1n) is 6.64. The minimum absolute atomic E-state index is 0.186. The van der Waals surface area contributed by atoms with Crippen molar-refractivity contribution < 1.29 is 22.7 Å². The summed E-state index contributed by atoms with van der Waals surface area (Å²) in [7, 11) is 0. The molecule has 118 valence electrons. The molecule has 0 amide bonds. The Morgan fingerprint density at radius 1 is 1.41 bits per heavy atom. The Kier molecular flexibility index (Phi) is 4.79. The van der Waals surface area contributed by atoms with Crippen LogP contribution in [0.4, 0.5) is 13.2 Å². The van der Waals surface area contributed by atoms with E-state index < -0.39 is 18.2 Å². The van der Waals surface area contributed by atoms with Gasteiger partial charge in [-0.3, -0.25) is 10.1 Å². The number of nitrogens with one attached hydrogen (secondary N) is 1. The molecular weight excluding hydrogens is 299 g/mol. The van der Waals surface area contributed by atoms with Crippen molar-refractivity contribution in [1.82, 2.24) is 15.2 Å². The number of aromatic nitrogens is 3. The van der Waals surface area contributed by atoms with Crippen molar-refractivity contribution in [2.75, 3.05) is 0 Å². The first-order chi connectivity index (χ1) is 10.4. The van der Waals surface area contributed by atoms with Crippen LogP contribution in [-0.2, 0) is 11.2 Å². The molecule has 2 aromatic heterocycles. The van der Waals surface area contributed by atoms with Crippen LogP contribution in [0.3, 0.4) is 0 Å². The lowest BCUT2D eigenvalue weighted by atomic mass is 10.2. The molecule has 0 aromatic carbocycles. The second kappa shape index (κ2) is 6.59. The number of rotatable bonds is 5. The molecule has 0 aliphatic heterocycles. The summed E-state index contributed by atoms with van der Waals surface area (Å²) in [6.45, 7) is 1.93. The van der Waals surface area contributed by atoms with Crippen molar-refractivity contribution >= 4 is 5.97 Å². The van der Waals surface area contributed by atoms with Gasteiger partial charge in [-0.2, -0.15) is 18.3 Å². The number of H-pyrrole nitrogens is 1. The molecule has 1 atom stereocenters. The third kappa shape index (κ3) is 3.84. The van der Waals surface area contributed by atoms with Crippen LogP contribution < -0.4 is 0 Å². The number of carbonyl (C=O) groups is 1. The third-order valence-electron chi connectivity index (χ3n) is 2.84. The Morgan fingerprint density at radius 2 is 2.18 bits per heavy atom. The van der Waals surface area contributed by atoms with Crippen molar-refractivity contribution in [1.29, 1.82) is 0 Å². The number of nitrogens with zero attached hydrogens (tertiary/aromatic N) is 2. The molecule has 5 nitrogen and oxygen atoms in total. The highest BCUT2D eigenvalue weighted by molar-refractivity contribution is 5.87. The quantitative estimate of drug-likeness (QED) is 0.861. The summed E-state index contributed by atoms with van der Waals surface area (Å²) in [5.74, 6) is -1.15. The second-order valence-electron chi connectivity index (χ2n) is 4.61. The predicted molar refractivity (Wildman–Crippen MR) is 71.0 cm³/mol. The van der Waals surface area contributed by atoms with E-state index in [2.05, 4.69) is 19.9 Å². The van der Waals surface area contributed by atoms with E-state index >= 15 is 0 Å². The van der Waals surface area contributed by atoms with Crippen molar-refractivity contribution in [3.8, 4) is 0 Å². The molecule has 1 N–H and O–H groups in total. The van der Waals surface area contributed by atoms with Gasteiger partial charge in [0.15, 0.2) is 5.69 Å². The molecule has 0 spiro atoms. The van der Waals surface area contributed by atoms with E-state index in [1.54, 1.807) is 0 Å². The number of ether oxygens (including phenoxy) is 1. The summed E-state index contributed by atoms with van der Waals surface area (Å²) in [6, 6.07) is 5.41. The van der Waals surface area contributed by atoms with E-state index in [0.29, 0.717) is 12.1 Å². The zero-order chi connectivity index (χ0) is 16.2. The summed E-state index contributed by atoms with van der Waals surface area (Å²) < 4.78 is 43.8. The van der Waals surface area contributed by atoms with E-state index in [1.165, 1.54) is 24.4 Å². The summed E-state index contributed by atoms with van der Waals surface area (Å²) in [5.41, 5.74) is 0.0946. The fourth-order valence-corrected chi connectivity index (χ4v) is 1.86. The minimum Gasteiger partial charge on any atom is -0.441 e. The van der Waals surface area contributed by atoms with E-state index in [9.17, 15) is 18.0 Å². The zero-order valence-corrected chi connectivity index (χ0v) is 11.7. The monoisotopic (exact) mass is 313 g/mol. The smallest absolute Gasteiger partial charge is 0.431 e. The van der Waals surface area contributed by atoms with Gasteiger partial charge >= 0.3 is 12.1 Å². The lowest BCUT2D eigenvalue weighted by Crippen LogP contribution is -2.27. The maximum Gasteiger partial charge on any atom is 0.431 e. The standard InChI is InChI=1S/C14H14F3N3O2/c1-2-5-9-8-11(20-19-9)13(21)22-12(14(15,16)17)10-6-3-4-7-18-10/h3-4,6-8,12H,2,5H2,1H3,(H,19,20). The minimum atomic E-state index is -4.76. The highest BCUT2D eigenvalue weighted by Crippen LogP contribution is 2.35. The zero-order valence-electron chi connectivity index (χ0n) is 11.7. The van der Waals surface area contributed by atoms with Gasteiger partial charge in [0.05, 0.1) is 5.69 Å². The van der Waals surface area contributed by atoms with Crippen molar-refractivity contribution in [3.63, 3.8) is 0 Å². The molecule has 1 unspecified atom stereocenters. The normalized spacial score (nSPS) is 12.9. The average Bonchev–Trinajstić information content (AvgIpc) is 2.93. The first-order valence-corrected chi connectivity index (χ1v) is 6.64. The Hall–Kier alpha value is -2.38. The third-order valence-corrected chi connectivity index (χ3v) is 2.84. The van der Waals surface area contributed by atoms with Gasteiger partial charge < -0.3 is 4.74 Å². The van der Waals surface area contributed by atoms with Crippen LogP contribution in [0.2, 0.25) is 0 Å². The molecule has 0 saturated heterocycles. The molecule has 0 bridgehead atoms. The van der Waals surface area contributed by atoms with Gasteiger partial charge in [-0.25, -0.2) is 4.79 Å². The number of aromatic amines is 1. The van der Waals surface area contributed by atoms with Crippen molar-refractivity contribution in [2.45, 2.75) is 32.0 Å². The van der Waals surface area contributed by atoms with E-state index in [0.717, 1.165) is 12.5 Å². The Morgan fingerprint density at radius 3 is 2.77 bits per heavy atom. The molecule has 0 fully saturated rings. The lowest BCUT2D eigenvalue weighted by Gasteiger charge is -2.19. The maximum atomic E-state index is 13.1. The van der Waals surface area contributed by atoms with Gasteiger partial charge in [0, 0.05) is 11.9 Å². The topological polar surface area (TPSA) is 67.9 Å². The van der Waals surface area contributed by atoms with E-state index in [1.807, 2.05) is 6.92 Å². The largest absolute Gasteiger partial charge is 0.441 e. The van der Waals surface area contributed by atoms with Crippen LogP contribution in [-0.4, -0.2) is 27.3 Å². The summed E-state index contributed by atoms with van der Waals surface area (Å²) in [5, 5.41) is 6.27. The number of halogens is 3. The maximum absolute atomic E-state index is 13.1. The molecule has 0 radical (unpaired) electrons. The molecule has 0 aliphatic rings. The number of carbonyl (C=O) groups excluding carboxylic acids is 1. The number of esters is 1. The van der Waals surface area contributed by atoms with Crippen LogP contribution in [0.1, 0.15) is 41.3 Å². The number of aryl methyl sites for hydroxylation is 1. The fourth-order valence-electron chi connectivity index (χ4n) is 1.86. The van der Waals surface area contributed by atoms with Gasteiger partial charge in [-0.05, 0) is 24.6 Å². The average molecular weight is 313 g/mol. The van der Waals surface area contributed by atoms with Gasteiger partial charge in [-0.15, -0.1) is 0 Å². The van der Waals surface area contributed by atoms with E-state index in [-0.39, 0.29) is 11.4 Å².